The molecule has 0 radical (unpaired) electrons. The van der Waals surface area contributed by atoms with E-state index in [1.807, 2.05) is 24.3 Å². The van der Waals surface area contributed by atoms with E-state index in [9.17, 15) is 0 Å². The minimum Gasteiger partial charge on any atom is -0.409 e. The molecule has 0 bridgehead atoms. The summed E-state index contributed by atoms with van der Waals surface area (Å²) in [4.78, 5) is 2.30. The predicted molar refractivity (Wildman–Crippen MR) is 76.2 cm³/mol. The number of aliphatic hydroxyl groups excluding tert-OH is 1. The van der Waals surface area contributed by atoms with Crippen LogP contribution in [0.3, 0.4) is 0 Å². The van der Waals surface area contributed by atoms with Crippen molar-refractivity contribution < 1.29 is 10.3 Å². The van der Waals surface area contributed by atoms with Crippen molar-refractivity contribution in [3.63, 3.8) is 0 Å². The maximum absolute atomic E-state index is 8.91. The van der Waals surface area contributed by atoms with Crippen molar-refractivity contribution in [1.29, 1.82) is 0 Å². The summed E-state index contributed by atoms with van der Waals surface area (Å²) in [6.07, 6.45) is 0.778. The average molecular weight is 265 g/mol. The van der Waals surface area contributed by atoms with Gasteiger partial charge >= 0.3 is 0 Å². The van der Waals surface area contributed by atoms with Crippen molar-refractivity contribution in [2.75, 3.05) is 13.2 Å². The molecule has 0 aliphatic heterocycles. The van der Waals surface area contributed by atoms with Gasteiger partial charge in [-0.05, 0) is 25.8 Å². The van der Waals surface area contributed by atoms with Crippen LogP contribution in [0, 0.1) is 0 Å². The molecule has 1 aromatic rings. The first-order chi connectivity index (χ1) is 9.08. The second kappa shape index (κ2) is 7.76. The molecule has 19 heavy (non-hydrogen) atoms. The zero-order valence-corrected chi connectivity index (χ0v) is 11.6. The van der Waals surface area contributed by atoms with Crippen LogP contribution in [-0.2, 0) is 6.54 Å². The van der Waals surface area contributed by atoms with Crippen LogP contribution in [0.4, 0.5) is 0 Å². The first kappa shape index (κ1) is 15.5. The molecule has 0 saturated carbocycles. The molecule has 1 rings (SSSR count). The summed E-state index contributed by atoms with van der Waals surface area (Å²) in [6, 6.07) is 8.06. The van der Waals surface area contributed by atoms with Crippen LogP contribution in [0.5, 0.6) is 0 Å². The number of benzene rings is 1. The van der Waals surface area contributed by atoms with E-state index in [-0.39, 0.29) is 12.4 Å². The lowest BCUT2D eigenvalue weighted by Gasteiger charge is -2.26. The van der Waals surface area contributed by atoms with Gasteiger partial charge in [-0.2, -0.15) is 0 Å². The van der Waals surface area contributed by atoms with Gasteiger partial charge in [-0.15, -0.1) is 0 Å². The van der Waals surface area contributed by atoms with Gasteiger partial charge in [0.2, 0.25) is 0 Å². The Kier molecular flexibility index (Phi) is 6.32. The minimum atomic E-state index is 0.118. The lowest BCUT2D eigenvalue weighted by atomic mass is 10.1. The quantitative estimate of drug-likeness (QED) is 0.301. The number of amidine groups is 1. The second-order valence-corrected chi connectivity index (χ2v) is 4.82. The molecule has 0 atom stereocenters. The van der Waals surface area contributed by atoms with Crippen LogP contribution in [0.1, 0.15) is 31.4 Å². The maximum Gasteiger partial charge on any atom is 0.170 e. The summed E-state index contributed by atoms with van der Waals surface area (Å²) in [6.45, 7) is 6.19. The van der Waals surface area contributed by atoms with E-state index in [1.165, 1.54) is 5.56 Å². The van der Waals surface area contributed by atoms with Crippen molar-refractivity contribution in [3.8, 4) is 0 Å². The molecule has 0 unspecified atom stereocenters. The van der Waals surface area contributed by atoms with Crippen LogP contribution in [0.2, 0.25) is 0 Å². The van der Waals surface area contributed by atoms with E-state index in [1.54, 1.807) is 0 Å². The Labute approximate surface area is 114 Å². The maximum atomic E-state index is 8.91. The van der Waals surface area contributed by atoms with Crippen molar-refractivity contribution in [3.05, 3.63) is 35.4 Å². The zero-order valence-electron chi connectivity index (χ0n) is 11.6. The Balaban J connectivity index is 2.69. The molecular weight excluding hydrogens is 242 g/mol. The van der Waals surface area contributed by atoms with Crippen LogP contribution in [0.25, 0.3) is 0 Å². The highest BCUT2D eigenvalue weighted by Gasteiger charge is 2.09. The Bertz CT molecular complexity index is 402. The molecule has 0 amide bonds. The van der Waals surface area contributed by atoms with Crippen LogP contribution in [0.15, 0.2) is 29.4 Å². The predicted octanol–water partition coefficient (Wildman–Crippen LogP) is 1.37. The van der Waals surface area contributed by atoms with Crippen LogP contribution >= 0.6 is 0 Å². The van der Waals surface area contributed by atoms with Crippen molar-refractivity contribution >= 4 is 5.84 Å². The summed E-state index contributed by atoms with van der Waals surface area (Å²) in [5, 5.41) is 20.5. The van der Waals surface area contributed by atoms with E-state index in [2.05, 4.69) is 23.9 Å². The van der Waals surface area contributed by atoms with E-state index < -0.39 is 0 Å². The lowest BCUT2D eigenvalue weighted by Crippen LogP contribution is -2.31. The molecule has 0 aliphatic rings. The molecule has 106 valence electrons. The SMILES string of the molecule is CC(C)N(CCCO)Cc1ccc(C(N)=NO)cc1. The highest BCUT2D eigenvalue weighted by Crippen LogP contribution is 2.10. The molecule has 0 aromatic heterocycles. The van der Waals surface area contributed by atoms with Gasteiger partial charge in [0.05, 0.1) is 0 Å². The fourth-order valence-electron chi connectivity index (χ4n) is 1.87. The van der Waals surface area contributed by atoms with Gasteiger partial charge < -0.3 is 16.0 Å². The highest BCUT2D eigenvalue weighted by atomic mass is 16.4. The number of aliphatic hydroxyl groups is 1. The number of hydrogen-bond acceptors (Lipinski definition) is 4. The third-order valence-electron chi connectivity index (χ3n) is 3.08. The van der Waals surface area contributed by atoms with Crippen LogP contribution < -0.4 is 5.73 Å². The normalized spacial score (nSPS) is 12.4. The standard InChI is InChI=1S/C14H23N3O2/c1-11(2)17(8-3-9-18)10-12-4-6-13(7-5-12)14(15)16-19/h4-7,11,18-19H,3,8-10H2,1-2H3,(H2,15,16). The number of hydrogen-bond donors (Lipinski definition) is 3. The Hall–Kier alpha value is -1.59. The van der Waals surface area contributed by atoms with E-state index >= 15 is 0 Å². The second-order valence-electron chi connectivity index (χ2n) is 4.82. The Morgan fingerprint density at radius 3 is 2.42 bits per heavy atom. The largest absolute Gasteiger partial charge is 0.409 e. The summed E-state index contributed by atoms with van der Waals surface area (Å²) in [5.74, 6) is 0.118. The third kappa shape index (κ3) is 4.89. The first-order valence-corrected chi connectivity index (χ1v) is 6.50. The number of nitrogens with zero attached hydrogens (tertiary/aromatic N) is 2. The van der Waals surface area contributed by atoms with E-state index in [4.69, 9.17) is 16.0 Å². The van der Waals surface area contributed by atoms with Gasteiger partial charge in [-0.25, -0.2) is 0 Å². The third-order valence-corrected chi connectivity index (χ3v) is 3.08. The van der Waals surface area contributed by atoms with Gasteiger partial charge in [-0.1, -0.05) is 29.4 Å². The minimum absolute atomic E-state index is 0.118. The molecular formula is C14H23N3O2. The van der Waals surface area contributed by atoms with Gasteiger partial charge in [0.1, 0.15) is 0 Å². The van der Waals surface area contributed by atoms with Crippen molar-refractivity contribution in [2.24, 2.45) is 10.9 Å². The lowest BCUT2D eigenvalue weighted by molar-refractivity contribution is 0.185. The first-order valence-electron chi connectivity index (χ1n) is 6.50. The van der Waals surface area contributed by atoms with Crippen molar-refractivity contribution in [2.45, 2.75) is 32.9 Å². The molecule has 1 aromatic carbocycles. The molecule has 0 saturated heterocycles. The zero-order chi connectivity index (χ0) is 14.3. The molecule has 0 fully saturated rings. The van der Waals surface area contributed by atoms with Crippen molar-refractivity contribution in [1.82, 2.24) is 4.90 Å². The smallest absolute Gasteiger partial charge is 0.170 e. The number of rotatable bonds is 7. The van der Waals surface area contributed by atoms with E-state index in [0.717, 1.165) is 19.5 Å². The molecule has 5 nitrogen and oxygen atoms in total. The Morgan fingerprint density at radius 1 is 1.32 bits per heavy atom. The number of oxime groups is 1. The van der Waals surface area contributed by atoms with E-state index in [0.29, 0.717) is 11.6 Å². The molecule has 0 spiro atoms. The monoisotopic (exact) mass is 265 g/mol. The van der Waals surface area contributed by atoms with Gasteiger partial charge in [0.15, 0.2) is 5.84 Å². The Morgan fingerprint density at radius 2 is 1.95 bits per heavy atom. The van der Waals surface area contributed by atoms with Gasteiger partial charge in [0.25, 0.3) is 0 Å². The average Bonchev–Trinajstić information content (AvgIpc) is 2.43. The highest BCUT2D eigenvalue weighted by molar-refractivity contribution is 5.96. The molecule has 0 aliphatic carbocycles. The van der Waals surface area contributed by atoms with Crippen LogP contribution in [-0.4, -0.2) is 40.2 Å². The summed E-state index contributed by atoms with van der Waals surface area (Å²) in [7, 11) is 0. The fourth-order valence-corrected chi connectivity index (χ4v) is 1.87. The summed E-state index contributed by atoms with van der Waals surface area (Å²) >= 11 is 0. The molecule has 0 heterocycles. The fraction of sp³-hybridized carbons (Fsp3) is 0.500. The summed E-state index contributed by atoms with van der Waals surface area (Å²) in [5.41, 5.74) is 7.40. The van der Waals surface area contributed by atoms with Gasteiger partial charge in [-0.3, -0.25) is 4.90 Å². The van der Waals surface area contributed by atoms with Gasteiger partial charge in [0, 0.05) is 31.3 Å². The topological polar surface area (TPSA) is 82.1 Å². The molecule has 5 heteroatoms. The summed E-state index contributed by atoms with van der Waals surface area (Å²) < 4.78 is 0. The molecule has 4 N–H and O–H groups in total. The number of nitrogens with two attached hydrogens (primary N) is 1.